The summed E-state index contributed by atoms with van der Waals surface area (Å²) in [7, 11) is 0. The Morgan fingerprint density at radius 2 is 2.11 bits per heavy atom. The summed E-state index contributed by atoms with van der Waals surface area (Å²) >= 11 is 1.34. The quantitative estimate of drug-likeness (QED) is 0.886. The molecule has 1 amide bonds. The Labute approximate surface area is 114 Å². The fraction of sp³-hybridized carbons (Fsp3) is 0.357. The number of carbonyl (C=O) groups is 1. The maximum atomic E-state index is 13.1. The van der Waals surface area contributed by atoms with Crippen molar-refractivity contribution in [2.24, 2.45) is 0 Å². The zero-order valence-corrected chi connectivity index (χ0v) is 11.2. The molecule has 2 N–H and O–H groups in total. The summed E-state index contributed by atoms with van der Waals surface area (Å²) in [6.45, 7) is 1.89. The minimum atomic E-state index is -0.264. The first-order valence-electron chi connectivity index (χ1n) is 6.43. The standard InChI is InChI=1S/C14H15FN2OS/c15-10-2-1-9-7-13(19-12(9)8-10)14(18)17-11-3-5-16-6-4-11/h1-2,7-8,11,16H,3-6H2,(H,17,18). The van der Waals surface area contributed by atoms with Crippen LogP contribution in [0.2, 0.25) is 0 Å². The van der Waals surface area contributed by atoms with Crippen molar-refractivity contribution in [3.05, 3.63) is 35.0 Å². The molecule has 1 saturated heterocycles. The molecule has 100 valence electrons. The minimum absolute atomic E-state index is 0.0477. The summed E-state index contributed by atoms with van der Waals surface area (Å²) in [6, 6.07) is 6.68. The van der Waals surface area contributed by atoms with Crippen molar-refractivity contribution in [1.82, 2.24) is 10.6 Å². The summed E-state index contributed by atoms with van der Waals surface area (Å²) in [6.07, 6.45) is 1.93. The second-order valence-corrected chi connectivity index (χ2v) is 5.87. The van der Waals surface area contributed by atoms with Crippen molar-refractivity contribution >= 4 is 27.3 Å². The van der Waals surface area contributed by atoms with Gasteiger partial charge < -0.3 is 10.6 Å². The van der Waals surface area contributed by atoms with E-state index in [2.05, 4.69) is 10.6 Å². The van der Waals surface area contributed by atoms with Crippen molar-refractivity contribution in [2.45, 2.75) is 18.9 Å². The van der Waals surface area contributed by atoms with E-state index in [0.717, 1.165) is 36.0 Å². The van der Waals surface area contributed by atoms with E-state index in [1.807, 2.05) is 6.07 Å². The molecule has 0 atom stereocenters. The first-order valence-corrected chi connectivity index (χ1v) is 7.25. The number of nitrogens with one attached hydrogen (secondary N) is 2. The lowest BCUT2D eigenvalue weighted by molar-refractivity contribution is 0.0934. The average Bonchev–Trinajstić information content (AvgIpc) is 2.83. The van der Waals surface area contributed by atoms with Gasteiger partial charge in [0.25, 0.3) is 5.91 Å². The molecule has 1 aromatic heterocycles. The van der Waals surface area contributed by atoms with Gasteiger partial charge in [0.05, 0.1) is 4.88 Å². The Kier molecular flexibility index (Phi) is 3.48. The molecule has 0 aliphatic carbocycles. The van der Waals surface area contributed by atoms with Gasteiger partial charge in [0.1, 0.15) is 5.82 Å². The van der Waals surface area contributed by atoms with E-state index >= 15 is 0 Å². The van der Waals surface area contributed by atoms with Gasteiger partial charge in [-0.25, -0.2) is 4.39 Å². The van der Waals surface area contributed by atoms with Gasteiger partial charge in [-0.15, -0.1) is 11.3 Å². The third kappa shape index (κ3) is 2.77. The summed E-state index contributed by atoms with van der Waals surface area (Å²) in [5.74, 6) is -0.312. The lowest BCUT2D eigenvalue weighted by Gasteiger charge is -2.23. The molecular formula is C14H15FN2OS. The molecular weight excluding hydrogens is 263 g/mol. The van der Waals surface area contributed by atoms with Crippen LogP contribution in [0.1, 0.15) is 22.5 Å². The average molecular weight is 278 g/mol. The Morgan fingerprint density at radius 3 is 2.89 bits per heavy atom. The summed E-state index contributed by atoms with van der Waals surface area (Å²) < 4.78 is 13.9. The van der Waals surface area contributed by atoms with Crippen LogP contribution in [0.3, 0.4) is 0 Å². The predicted octanol–water partition coefficient (Wildman–Crippen LogP) is 2.52. The second kappa shape index (κ2) is 5.27. The number of rotatable bonds is 2. The van der Waals surface area contributed by atoms with E-state index in [0.29, 0.717) is 4.88 Å². The fourth-order valence-corrected chi connectivity index (χ4v) is 3.33. The number of benzene rings is 1. The van der Waals surface area contributed by atoms with Crippen molar-refractivity contribution in [2.75, 3.05) is 13.1 Å². The minimum Gasteiger partial charge on any atom is -0.349 e. The van der Waals surface area contributed by atoms with Crippen LogP contribution >= 0.6 is 11.3 Å². The van der Waals surface area contributed by atoms with Crippen molar-refractivity contribution < 1.29 is 9.18 Å². The van der Waals surface area contributed by atoms with E-state index in [1.165, 1.54) is 23.5 Å². The number of fused-ring (bicyclic) bond motifs is 1. The highest BCUT2D eigenvalue weighted by molar-refractivity contribution is 7.20. The third-order valence-corrected chi connectivity index (χ3v) is 4.48. The molecule has 1 aliphatic rings. The molecule has 19 heavy (non-hydrogen) atoms. The fourth-order valence-electron chi connectivity index (χ4n) is 2.34. The number of halogens is 1. The Morgan fingerprint density at radius 1 is 1.32 bits per heavy atom. The molecule has 1 aromatic carbocycles. The van der Waals surface area contributed by atoms with Crippen molar-refractivity contribution in [3.63, 3.8) is 0 Å². The molecule has 2 heterocycles. The Balaban J connectivity index is 1.77. The van der Waals surface area contributed by atoms with E-state index < -0.39 is 0 Å². The van der Waals surface area contributed by atoms with Crippen LogP contribution in [-0.2, 0) is 0 Å². The highest BCUT2D eigenvalue weighted by Gasteiger charge is 2.17. The topological polar surface area (TPSA) is 41.1 Å². The molecule has 5 heteroatoms. The highest BCUT2D eigenvalue weighted by Crippen LogP contribution is 2.26. The Bertz CT molecular complexity index is 605. The third-order valence-electron chi connectivity index (χ3n) is 3.38. The number of carbonyl (C=O) groups excluding carboxylic acids is 1. The van der Waals surface area contributed by atoms with Gasteiger partial charge >= 0.3 is 0 Å². The van der Waals surface area contributed by atoms with Gasteiger partial charge in [-0.3, -0.25) is 4.79 Å². The van der Waals surface area contributed by atoms with E-state index in [-0.39, 0.29) is 17.8 Å². The molecule has 0 saturated carbocycles. The molecule has 3 rings (SSSR count). The zero-order chi connectivity index (χ0) is 13.2. The first kappa shape index (κ1) is 12.6. The van der Waals surface area contributed by atoms with E-state index in [9.17, 15) is 9.18 Å². The van der Waals surface area contributed by atoms with E-state index in [4.69, 9.17) is 0 Å². The van der Waals surface area contributed by atoms with Gasteiger partial charge in [0.15, 0.2) is 0 Å². The molecule has 0 radical (unpaired) electrons. The number of hydrogen-bond acceptors (Lipinski definition) is 3. The van der Waals surface area contributed by atoms with Crippen LogP contribution in [0, 0.1) is 5.82 Å². The van der Waals surface area contributed by atoms with Gasteiger partial charge in [-0.1, -0.05) is 6.07 Å². The first-order chi connectivity index (χ1) is 9.22. The molecule has 3 nitrogen and oxygen atoms in total. The Hall–Kier alpha value is -1.46. The largest absolute Gasteiger partial charge is 0.349 e. The van der Waals surface area contributed by atoms with Crippen LogP contribution in [0.5, 0.6) is 0 Å². The van der Waals surface area contributed by atoms with Gasteiger partial charge in [-0.05, 0) is 49.5 Å². The van der Waals surface area contributed by atoms with Gasteiger partial charge in [0.2, 0.25) is 0 Å². The summed E-state index contributed by atoms with van der Waals surface area (Å²) in [5, 5.41) is 7.23. The number of hydrogen-bond donors (Lipinski definition) is 2. The smallest absolute Gasteiger partial charge is 0.261 e. The number of thiophene rings is 1. The molecule has 0 unspecified atom stereocenters. The van der Waals surface area contributed by atoms with Crippen LogP contribution in [0.15, 0.2) is 24.3 Å². The predicted molar refractivity (Wildman–Crippen MR) is 75.1 cm³/mol. The van der Waals surface area contributed by atoms with Crippen LogP contribution in [0.25, 0.3) is 10.1 Å². The lowest BCUT2D eigenvalue weighted by atomic mass is 10.1. The second-order valence-electron chi connectivity index (χ2n) is 4.79. The van der Waals surface area contributed by atoms with Gasteiger partial charge in [-0.2, -0.15) is 0 Å². The van der Waals surface area contributed by atoms with Gasteiger partial charge in [0, 0.05) is 10.7 Å². The summed E-state index contributed by atoms with van der Waals surface area (Å²) in [5.41, 5.74) is 0. The zero-order valence-electron chi connectivity index (χ0n) is 10.4. The molecule has 0 bridgehead atoms. The van der Waals surface area contributed by atoms with Crippen LogP contribution in [0.4, 0.5) is 4.39 Å². The summed E-state index contributed by atoms with van der Waals surface area (Å²) in [4.78, 5) is 12.8. The normalized spacial score (nSPS) is 16.7. The molecule has 0 spiro atoms. The van der Waals surface area contributed by atoms with Crippen molar-refractivity contribution in [3.8, 4) is 0 Å². The lowest BCUT2D eigenvalue weighted by Crippen LogP contribution is -2.42. The molecule has 2 aromatic rings. The highest BCUT2D eigenvalue weighted by atomic mass is 32.1. The molecule has 1 fully saturated rings. The SMILES string of the molecule is O=C(NC1CCNCC1)c1cc2ccc(F)cc2s1. The number of piperidine rings is 1. The monoisotopic (exact) mass is 278 g/mol. The maximum Gasteiger partial charge on any atom is 0.261 e. The van der Waals surface area contributed by atoms with E-state index in [1.54, 1.807) is 6.07 Å². The van der Waals surface area contributed by atoms with Crippen LogP contribution in [-0.4, -0.2) is 25.0 Å². The maximum absolute atomic E-state index is 13.1. The van der Waals surface area contributed by atoms with Crippen molar-refractivity contribution in [1.29, 1.82) is 0 Å². The molecule has 1 aliphatic heterocycles. The number of amides is 1. The van der Waals surface area contributed by atoms with Crippen LogP contribution < -0.4 is 10.6 Å².